The summed E-state index contributed by atoms with van der Waals surface area (Å²) >= 11 is 0. The van der Waals surface area contributed by atoms with E-state index in [1.54, 1.807) is 7.05 Å². The highest BCUT2D eigenvalue weighted by molar-refractivity contribution is 5.78. The van der Waals surface area contributed by atoms with Gasteiger partial charge in [-0.25, -0.2) is 0 Å². The van der Waals surface area contributed by atoms with Gasteiger partial charge in [0.1, 0.15) is 0 Å². The van der Waals surface area contributed by atoms with Crippen LogP contribution in [0, 0.1) is 17.8 Å². The van der Waals surface area contributed by atoms with Crippen molar-refractivity contribution in [2.45, 2.75) is 19.4 Å². The maximum absolute atomic E-state index is 11.6. The molecule has 1 aliphatic rings. The average molecular weight is 285 g/mol. The largest absolute Gasteiger partial charge is 0.359 e. The summed E-state index contributed by atoms with van der Waals surface area (Å²) < 4.78 is 0. The number of carbonyl (C=O) groups excluding carboxylic acids is 1. The number of rotatable bonds is 3. The molecule has 0 spiro atoms. The number of nitrogens with zero attached hydrogens (tertiary/aromatic N) is 1. The number of hydrogen-bond donors (Lipinski definition) is 2. The summed E-state index contributed by atoms with van der Waals surface area (Å²) in [5.41, 5.74) is 7.73. The van der Waals surface area contributed by atoms with Crippen molar-refractivity contribution in [3.63, 3.8) is 0 Å². The molecule has 1 amide bonds. The van der Waals surface area contributed by atoms with Crippen molar-refractivity contribution in [1.29, 1.82) is 0 Å². The minimum atomic E-state index is 0.165. The van der Waals surface area contributed by atoms with Crippen molar-refractivity contribution in [2.75, 3.05) is 26.7 Å². The summed E-state index contributed by atoms with van der Waals surface area (Å²) in [7, 11) is 1.71. The fourth-order valence-electron chi connectivity index (χ4n) is 2.72. The van der Waals surface area contributed by atoms with Crippen molar-refractivity contribution in [2.24, 2.45) is 11.7 Å². The third-order valence-electron chi connectivity index (χ3n) is 3.94. The molecule has 1 aromatic rings. The molecule has 1 aliphatic heterocycles. The molecule has 1 fully saturated rings. The number of likely N-dealkylation sites (tertiary alicyclic amines) is 1. The molecule has 0 atom stereocenters. The predicted molar refractivity (Wildman–Crippen MR) is 84.4 cm³/mol. The number of nitrogens with one attached hydrogen (secondary N) is 1. The molecule has 2 rings (SSSR count). The molecular formula is C17H23N3O. The molecular weight excluding hydrogens is 262 g/mol. The normalized spacial score (nSPS) is 16.1. The molecule has 1 aromatic carbocycles. The molecule has 1 saturated heterocycles. The van der Waals surface area contributed by atoms with E-state index in [-0.39, 0.29) is 11.8 Å². The van der Waals surface area contributed by atoms with Gasteiger partial charge in [0.25, 0.3) is 0 Å². The molecule has 0 aliphatic carbocycles. The van der Waals surface area contributed by atoms with Gasteiger partial charge < -0.3 is 11.1 Å². The fraction of sp³-hybridized carbons (Fsp3) is 0.471. The van der Waals surface area contributed by atoms with Crippen LogP contribution in [0.25, 0.3) is 0 Å². The number of carbonyl (C=O) groups is 1. The Morgan fingerprint density at radius 2 is 2.10 bits per heavy atom. The van der Waals surface area contributed by atoms with E-state index in [1.165, 1.54) is 5.56 Å². The zero-order chi connectivity index (χ0) is 15.1. The third-order valence-corrected chi connectivity index (χ3v) is 3.94. The van der Waals surface area contributed by atoms with Crippen molar-refractivity contribution in [3.8, 4) is 11.8 Å². The van der Waals surface area contributed by atoms with E-state index >= 15 is 0 Å². The van der Waals surface area contributed by atoms with E-state index in [9.17, 15) is 4.79 Å². The van der Waals surface area contributed by atoms with E-state index in [2.05, 4.69) is 28.1 Å². The minimum absolute atomic E-state index is 0.165. The monoisotopic (exact) mass is 285 g/mol. The summed E-state index contributed by atoms with van der Waals surface area (Å²) in [6.45, 7) is 3.18. The van der Waals surface area contributed by atoms with Gasteiger partial charge in [-0.1, -0.05) is 30.0 Å². The Kier molecular flexibility index (Phi) is 5.79. The second kappa shape index (κ2) is 7.82. The summed E-state index contributed by atoms with van der Waals surface area (Å²) in [6, 6.07) is 8.20. The van der Waals surface area contributed by atoms with Crippen LogP contribution < -0.4 is 11.1 Å². The Morgan fingerprint density at radius 1 is 1.38 bits per heavy atom. The molecule has 0 saturated carbocycles. The molecule has 3 N–H and O–H groups in total. The molecule has 0 unspecified atom stereocenters. The quantitative estimate of drug-likeness (QED) is 0.813. The SMILES string of the molecule is CNC(=O)C1CCN(Cc2ccccc2C#CCN)CC1. The average Bonchev–Trinajstić information content (AvgIpc) is 2.54. The van der Waals surface area contributed by atoms with Crippen LogP contribution in [0.4, 0.5) is 0 Å². The van der Waals surface area contributed by atoms with Gasteiger partial charge in [-0.15, -0.1) is 0 Å². The van der Waals surface area contributed by atoms with Crippen molar-refractivity contribution in [3.05, 3.63) is 35.4 Å². The van der Waals surface area contributed by atoms with Gasteiger partial charge in [0.05, 0.1) is 6.54 Å². The molecule has 0 bridgehead atoms. The fourth-order valence-corrected chi connectivity index (χ4v) is 2.72. The van der Waals surface area contributed by atoms with Crippen molar-refractivity contribution < 1.29 is 4.79 Å². The van der Waals surface area contributed by atoms with Gasteiger partial charge >= 0.3 is 0 Å². The number of piperidine rings is 1. The Morgan fingerprint density at radius 3 is 2.76 bits per heavy atom. The van der Waals surface area contributed by atoms with Gasteiger partial charge in [-0.2, -0.15) is 0 Å². The van der Waals surface area contributed by atoms with Crippen molar-refractivity contribution in [1.82, 2.24) is 10.2 Å². The van der Waals surface area contributed by atoms with E-state index in [1.807, 2.05) is 18.2 Å². The van der Waals surface area contributed by atoms with Crippen LogP contribution in [0.3, 0.4) is 0 Å². The van der Waals surface area contributed by atoms with Crippen LogP contribution in [0.5, 0.6) is 0 Å². The van der Waals surface area contributed by atoms with Crippen LogP contribution in [0.15, 0.2) is 24.3 Å². The number of nitrogens with two attached hydrogens (primary N) is 1. The number of amides is 1. The van der Waals surface area contributed by atoms with Crippen LogP contribution in [0.1, 0.15) is 24.0 Å². The minimum Gasteiger partial charge on any atom is -0.359 e. The lowest BCUT2D eigenvalue weighted by Gasteiger charge is -2.31. The van der Waals surface area contributed by atoms with Gasteiger partial charge in [0.2, 0.25) is 5.91 Å². The second-order valence-corrected chi connectivity index (χ2v) is 5.33. The molecule has 0 radical (unpaired) electrons. The van der Waals surface area contributed by atoms with Gasteiger partial charge in [0.15, 0.2) is 0 Å². The third kappa shape index (κ3) is 4.32. The smallest absolute Gasteiger partial charge is 0.222 e. The van der Waals surface area contributed by atoms with E-state index in [0.717, 1.165) is 38.0 Å². The Hall–Kier alpha value is -1.83. The van der Waals surface area contributed by atoms with Gasteiger partial charge in [-0.05, 0) is 37.6 Å². The maximum atomic E-state index is 11.6. The van der Waals surface area contributed by atoms with Crippen LogP contribution in [-0.2, 0) is 11.3 Å². The first-order valence-electron chi connectivity index (χ1n) is 7.45. The Labute approximate surface area is 126 Å². The van der Waals surface area contributed by atoms with Crippen molar-refractivity contribution >= 4 is 5.91 Å². The first-order chi connectivity index (χ1) is 10.2. The lowest BCUT2D eigenvalue weighted by atomic mass is 9.95. The van der Waals surface area contributed by atoms with Gasteiger partial charge in [0, 0.05) is 25.1 Å². The molecule has 112 valence electrons. The summed E-state index contributed by atoms with van der Waals surface area (Å²) in [4.78, 5) is 14.0. The topological polar surface area (TPSA) is 58.4 Å². The molecule has 4 nitrogen and oxygen atoms in total. The lowest BCUT2D eigenvalue weighted by Crippen LogP contribution is -2.39. The molecule has 1 heterocycles. The highest BCUT2D eigenvalue weighted by Gasteiger charge is 2.24. The molecule has 21 heavy (non-hydrogen) atoms. The number of hydrogen-bond acceptors (Lipinski definition) is 3. The highest BCUT2D eigenvalue weighted by Crippen LogP contribution is 2.20. The summed E-state index contributed by atoms with van der Waals surface area (Å²) in [5.74, 6) is 6.39. The van der Waals surface area contributed by atoms with E-state index in [4.69, 9.17) is 5.73 Å². The van der Waals surface area contributed by atoms with Gasteiger partial charge in [-0.3, -0.25) is 9.69 Å². The predicted octanol–water partition coefficient (Wildman–Crippen LogP) is 0.955. The maximum Gasteiger partial charge on any atom is 0.222 e. The van der Waals surface area contributed by atoms with E-state index in [0.29, 0.717) is 6.54 Å². The lowest BCUT2D eigenvalue weighted by molar-refractivity contribution is -0.125. The highest BCUT2D eigenvalue weighted by atomic mass is 16.1. The van der Waals surface area contributed by atoms with Crippen LogP contribution in [-0.4, -0.2) is 37.5 Å². The first kappa shape index (κ1) is 15.6. The summed E-state index contributed by atoms with van der Waals surface area (Å²) in [5, 5.41) is 2.74. The summed E-state index contributed by atoms with van der Waals surface area (Å²) in [6.07, 6.45) is 1.85. The second-order valence-electron chi connectivity index (χ2n) is 5.33. The number of benzene rings is 1. The molecule has 0 aromatic heterocycles. The Balaban J connectivity index is 1.96. The van der Waals surface area contributed by atoms with Crippen LogP contribution in [0.2, 0.25) is 0 Å². The van der Waals surface area contributed by atoms with E-state index < -0.39 is 0 Å². The van der Waals surface area contributed by atoms with Crippen LogP contribution >= 0.6 is 0 Å². The molecule has 4 heteroatoms. The standard InChI is InChI=1S/C17H23N3O/c1-19-17(21)15-8-11-20(12-9-15)13-16-6-3-2-5-14(16)7-4-10-18/h2-3,5-6,15H,8-13,18H2,1H3,(H,19,21). The Bertz CT molecular complexity index is 536. The first-order valence-corrected chi connectivity index (χ1v) is 7.45. The zero-order valence-corrected chi connectivity index (χ0v) is 12.6. The zero-order valence-electron chi connectivity index (χ0n) is 12.6.